The van der Waals surface area contributed by atoms with Gasteiger partial charge in [0.05, 0.1) is 41.4 Å². The lowest BCUT2D eigenvalue weighted by Gasteiger charge is -2.55. The van der Waals surface area contributed by atoms with Gasteiger partial charge in [0.25, 0.3) is 0 Å². The zero-order valence-electron chi connectivity index (χ0n) is 18.9. The van der Waals surface area contributed by atoms with Crippen molar-refractivity contribution in [2.75, 3.05) is 17.2 Å². The zero-order chi connectivity index (χ0) is 24.6. The molecule has 5 heterocycles. The van der Waals surface area contributed by atoms with Crippen molar-refractivity contribution in [1.82, 2.24) is 20.4 Å². The molecule has 2 aromatic heterocycles. The fourth-order valence-corrected chi connectivity index (χ4v) is 5.84. The Bertz CT molecular complexity index is 1420. The largest absolute Gasteiger partial charge is 0.372 e. The van der Waals surface area contributed by atoms with Gasteiger partial charge in [0, 0.05) is 12.7 Å². The fraction of sp³-hybridized carbons (Fsp3) is 0.391. The second-order valence-corrected chi connectivity index (χ2v) is 9.28. The highest BCUT2D eigenvalue weighted by Gasteiger charge is 2.62. The Morgan fingerprint density at radius 2 is 2.09 bits per heavy atom. The van der Waals surface area contributed by atoms with Crippen molar-refractivity contribution in [1.29, 1.82) is 0 Å². The lowest BCUT2D eigenvalue weighted by molar-refractivity contribution is -0.158. The molecule has 180 valence electrons. The molecule has 1 unspecified atom stereocenters. The molecule has 1 aromatic carbocycles. The van der Waals surface area contributed by atoms with E-state index < -0.39 is 47.4 Å². The summed E-state index contributed by atoms with van der Waals surface area (Å²) in [6.45, 7) is 3.83. The van der Waals surface area contributed by atoms with E-state index in [1.807, 2.05) is 6.92 Å². The van der Waals surface area contributed by atoms with Crippen LogP contribution in [0.15, 0.2) is 22.9 Å². The first-order valence-corrected chi connectivity index (χ1v) is 11.2. The number of nitrogens with two attached hydrogens (primary N) is 1. The number of imide groups is 1. The number of nitrogens with zero attached hydrogens (tertiary/aromatic N) is 4. The summed E-state index contributed by atoms with van der Waals surface area (Å²) >= 11 is 0. The molecule has 11 nitrogen and oxygen atoms in total. The molecular weight excluding hydrogens is 459 g/mol. The van der Waals surface area contributed by atoms with Crippen LogP contribution in [0.4, 0.5) is 16.0 Å². The topological polar surface area (TPSA) is 154 Å². The Kier molecular flexibility index (Phi) is 4.49. The SMILES string of the molecule is C[C@@H]1CN2c3c(cc4c(-c5ccnc(N)n5)noc4c3F)CC3(C(=O)CC(=O)NC3=O)[C@H]2[C@H](C)O1. The van der Waals surface area contributed by atoms with Crippen molar-refractivity contribution < 1.29 is 28.0 Å². The molecule has 2 amide bonds. The number of hydrogen-bond acceptors (Lipinski definition) is 10. The minimum Gasteiger partial charge on any atom is -0.372 e. The lowest BCUT2D eigenvalue weighted by atomic mass is 9.63. The van der Waals surface area contributed by atoms with Crippen LogP contribution in [0.3, 0.4) is 0 Å². The van der Waals surface area contributed by atoms with Crippen LogP contribution in [0.1, 0.15) is 25.8 Å². The number of benzene rings is 1. The van der Waals surface area contributed by atoms with Gasteiger partial charge in [-0.3, -0.25) is 19.7 Å². The molecular formula is C23H21FN6O5. The highest BCUT2D eigenvalue weighted by atomic mass is 19.1. The number of halogens is 1. The smallest absolute Gasteiger partial charge is 0.242 e. The Morgan fingerprint density at radius 3 is 2.83 bits per heavy atom. The van der Waals surface area contributed by atoms with E-state index in [-0.39, 0.29) is 42.0 Å². The lowest BCUT2D eigenvalue weighted by Crippen LogP contribution is -2.72. The van der Waals surface area contributed by atoms with Crippen LogP contribution in [-0.4, -0.2) is 57.5 Å². The number of aromatic nitrogens is 3. The highest BCUT2D eigenvalue weighted by molar-refractivity contribution is 6.22. The summed E-state index contributed by atoms with van der Waals surface area (Å²) in [6, 6.07) is 2.43. The fourth-order valence-electron chi connectivity index (χ4n) is 5.84. The van der Waals surface area contributed by atoms with Crippen LogP contribution < -0.4 is 16.0 Å². The van der Waals surface area contributed by atoms with Crippen LogP contribution in [0.2, 0.25) is 0 Å². The van der Waals surface area contributed by atoms with E-state index in [0.29, 0.717) is 16.6 Å². The second-order valence-electron chi connectivity index (χ2n) is 9.28. The van der Waals surface area contributed by atoms with Gasteiger partial charge in [0.1, 0.15) is 11.1 Å². The third kappa shape index (κ3) is 2.92. The standard InChI is InChI=1S/C23H21FN6O5/c1-9-8-30-18-11(7-23(20(30)10(2)34-9)14(31)6-15(32)28-21(23)33)5-12-17(29-35-19(12)16(18)24)13-3-4-26-22(25)27-13/h3-5,9-10,20H,6-8H2,1-2H3,(H2,25,26,27)(H,28,32,33)/t9-,10+,20-,23?/m1/s1. The number of piperidine rings is 1. The van der Waals surface area contributed by atoms with Crippen molar-refractivity contribution >= 4 is 40.2 Å². The Morgan fingerprint density at radius 1 is 1.29 bits per heavy atom. The van der Waals surface area contributed by atoms with E-state index in [0.717, 1.165) is 0 Å². The normalized spacial score (nSPS) is 28.3. The minimum absolute atomic E-state index is 0.0179. The number of amides is 2. The van der Waals surface area contributed by atoms with Crippen molar-refractivity contribution in [2.45, 2.75) is 44.9 Å². The van der Waals surface area contributed by atoms with Gasteiger partial charge in [-0.2, -0.15) is 0 Å². The third-order valence-electron chi connectivity index (χ3n) is 7.09. The number of morpholine rings is 1. The van der Waals surface area contributed by atoms with Gasteiger partial charge in [-0.1, -0.05) is 5.16 Å². The van der Waals surface area contributed by atoms with Gasteiger partial charge in [-0.05, 0) is 38.0 Å². The monoisotopic (exact) mass is 480 g/mol. The Hall–Kier alpha value is -3.93. The minimum atomic E-state index is -1.61. The second kappa shape index (κ2) is 7.28. The first-order valence-electron chi connectivity index (χ1n) is 11.2. The molecule has 4 atom stereocenters. The maximum Gasteiger partial charge on any atom is 0.242 e. The van der Waals surface area contributed by atoms with Crippen molar-refractivity contribution in [2.24, 2.45) is 5.41 Å². The molecule has 0 aliphatic carbocycles. The molecule has 12 heteroatoms. The molecule has 6 rings (SSSR count). The molecule has 3 aliphatic rings. The average Bonchev–Trinajstić information content (AvgIpc) is 3.21. The first kappa shape index (κ1) is 21.6. The Labute approximate surface area is 197 Å². The van der Waals surface area contributed by atoms with E-state index in [1.54, 1.807) is 24.0 Å². The number of carbonyl (C=O) groups is 3. The predicted octanol–water partition coefficient (Wildman–Crippen LogP) is 1.15. The van der Waals surface area contributed by atoms with Crippen LogP contribution in [0, 0.1) is 11.2 Å². The number of ketones is 1. The molecule has 35 heavy (non-hydrogen) atoms. The number of anilines is 2. The number of Topliss-reactive ketones (excluding diaryl/α,β-unsaturated/α-hetero) is 1. The van der Waals surface area contributed by atoms with E-state index >= 15 is 4.39 Å². The molecule has 2 saturated heterocycles. The van der Waals surface area contributed by atoms with Crippen LogP contribution in [0.5, 0.6) is 0 Å². The van der Waals surface area contributed by atoms with Crippen LogP contribution in [-0.2, 0) is 25.5 Å². The molecule has 3 aromatic rings. The number of carbonyl (C=O) groups excluding carboxylic acids is 3. The average molecular weight is 480 g/mol. The summed E-state index contributed by atoms with van der Waals surface area (Å²) in [5, 5.41) is 6.66. The van der Waals surface area contributed by atoms with Gasteiger partial charge >= 0.3 is 0 Å². The maximum atomic E-state index is 16.1. The highest BCUT2D eigenvalue weighted by Crippen LogP contribution is 2.50. The molecule has 2 fully saturated rings. The number of fused-ring (bicyclic) bond motifs is 5. The van der Waals surface area contributed by atoms with Gasteiger partial charge in [-0.25, -0.2) is 14.4 Å². The molecule has 0 saturated carbocycles. The first-order chi connectivity index (χ1) is 16.7. The summed E-state index contributed by atoms with van der Waals surface area (Å²) in [7, 11) is 0. The van der Waals surface area contributed by atoms with Gasteiger partial charge < -0.3 is 19.9 Å². The molecule has 0 bridgehead atoms. The number of hydrogen-bond donors (Lipinski definition) is 2. The van der Waals surface area contributed by atoms with Crippen molar-refractivity contribution in [3.63, 3.8) is 0 Å². The number of nitrogens with one attached hydrogen (secondary N) is 1. The van der Waals surface area contributed by atoms with Gasteiger partial charge in [-0.15, -0.1) is 0 Å². The van der Waals surface area contributed by atoms with E-state index in [1.165, 1.54) is 6.20 Å². The van der Waals surface area contributed by atoms with Crippen molar-refractivity contribution in [3.05, 3.63) is 29.7 Å². The van der Waals surface area contributed by atoms with Crippen molar-refractivity contribution in [3.8, 4) is 11.4 Å². The molecule has 3 aliphatic heterocycles. The maximum absolute atomic E-state index is 16.1. The summed E-state index contributed by atoms with van der Waals surface area (Å²) < 4.78 is 27.5. The van der Waals surface area contributed by atoms with Gasteiger partial charge in [0.2, 0.25) is 23.3 Å². The van der Waals surface area contributed by atoms with Gasteiger partial charge in [0.15, 0.2) is 11.6 Å². The number of rotatable bonds is 1. The van der Waals surface area contributed by atoms with Crippen LogP contribution in [0.25, 0.3) is 22.4 Å². The third-order valence-corrected chi connectivity index (χ3v) is 7.09. The van der Waals surface area contributed by atoms with E-state index in [2.05, 4.69) is 20.4 Å². The number of nitrogen functional groups attached to an aromatic ring is 1. The summed E-state index contributed by atoms with van der Waals surface area (Å²) in [4.78, 5) is 48.4. The summed E-state index contributed by atoms with van der Waals surface area (Å²) in [6.07, 6.45) is 0.0333. The molecule has 3 N–H and O–H groups in total. The van der Waals surface area contributed by atoms with E-state index in [9.17, 15) is 14.4 Å². The number of ether oxygens (including phenoxy) is 1. The molecule has 0 radical (unpaired) electrons. The summed E-state index contributed by atoms with van der Waals surface area (Å²) in [5.41, 5.74) is 5.26. The predicted molar refractivity (Wildman–Crippen MR) is 119 cm³/mol. The Balaban J connectivity index is 1.60. The molecule has 1 spiro atoms. The quantitative estimate of drug-likeness (QED) is 0.383. The zero-order valence-corrected chi connectivity index (χ0v) is 18.9. The summed E-state index contributed by atoms with van der Waals surface area (Å²) in [5.74, 6) is -2.49. The van der Waals surface area contributed by atoms with E-state index in [4.69, 9.17) is 15.0 Å². The van der Waals surface area contributed by atoms with Crippen LogP contribution >= 0.6 is 0 Å².